The lowest BCUT2D eigenvalue weighted by atomic mass is 9.95. The molecular formula is C25H24N2O5. The van der Waals surface area contributed by atoms with Crippen molar-refractivity contribution in [1.29, 1.82) is 0 Å². The Hall–Kier alpha value is -4.00. The van der Waals surface area contributed by atoms with Crippen LogP contribution in [0.25, 0.3) is 5.76 Å². The second-order valence-electron chi connectivity index (χ2n) is 7.72. The lowest BCUT2D eigenvalue weighted by Gasteiger charge is -2.25. The zero-order valence-electron chi connectivity index (χ0n) is 18.1. The molecule has 0 bridgehead atoms. The number of hydrogen-bond donors (Lipinski definition) is 1. The molecule has 4 rings (SSSR count). The van der Waals surface area contributed by atoms with Gasteiger partial charge in [0.15, 0.2) is 0 Å². The second-order valence-corrected chi connectivity index (χ2v) is 7.72. The van der Waals surface area contributed by atoms with E-state index in [0.29, 0.717) is 17.1 Å². The molecule has 0 aliphatic carbocycles. The molecule has 3 aromatic rings. The van der Waals surface area contributed by atoms with Gasteiger partial charge in [-0.05, 0) is 54.1 Å². The van der Waals surface area contributed by atoms with Gasteiger partial charge >= 0.3 is 0 Å². The van der Waals surface area contributed by atoms with Crippen LogP contribution in [0.1, 0.15) is 22.9 Å². The predicted octanol–water partition coefficient (Wildman–Crippen LogP) is 3.98. The number of benzene rings is 2. The van der Waals surface area contributed by atoms with E-state index in [9.17, 15) is 14.7 Å². The van der Waals surface area contributed by atoms with Gasteiger partial charge in [0.1, 0.15) is 17.3 Å². The summed E-state index contributed by atoms with van der Waals surface area (Å²) in [5.74, 6) is -0.471. The summed E-state index contributed by atoms with van der Waals surface area (Å²) in [6, 6.07) is 17.0. The fourth-order valence-electron chi connectivity index (χ4n) is 3.82. The van der Waals surface area contributed by atoms with Crippen molar-refractivity contribution >= 4 is 23.1 Å². The standard InChI is InChI=1S/C25H24N2O5/c1-26(2)18-10-6-16(7-11-18)22-21(23(28)17-8-12-19(31-3)13-9-17)24(29)25(30)27(22)15-20-5-4-14-32-20/h4-14,22,28H,15H2,1-3H3/b23-21-. The number of rotatable bonds is 6. The Labute approximate surface area is 186 Å². The first-order valence-electron chi connectivity index (χ1n) is 10.1. The molecule has 1 amide bonds. The van der Waals surface area contributed by atoms with E-state index in [1.54, 1.807) is 43.5 Å². The number of aliphatic hydroxyl groups is 1. The summed E-state index contributed by atoms with van der Waals surface area (Å²) in [6.07, 6.45) is 1.52. The lowest BCUT2D eigenvalue weighted by Crippen LogP contribution is -2.29. The monoisotopic (exact) mass is 432 g/mol. The Balaban J connectivity index is 1.83. The van der Waals surface area contributed by atoms with Crippen molar-refractivity contribution in [3.63, 3.8) is 0 Å². The molecule has 1 saturated heterocycles. The normalized spacial score (nSPS) is 17.6. The molecule has 2 aromatic carbocycles. The van der Waals surface area contributed by atoms with Gasteiger partial charge in [-0.25, -0.2) is 0 Å². The summed E-state index contributed by atoms with van der Waals surface area (Å²) in [6.45, 7) is 0.108. The molecule has 7 heteroatoms. The fraction of sp³-hybridized carbons (Fsp3) is 0.200. The highest BCUT2D eigenvalue weighted by Crippen LogP contribution is 2.40. The van der Waals surface area contributed by atoms with Crippen LogP contribution < -0.4 is 9.64 Å². The van der Waals surface area contributed by atoms with Crippen molar-refractivity contribution in [3.8, 4) is 5.75 Å². The average molecular weight is 432 g/mol. The van der Waals surface area contributed by atoms with Gasteiger partial charge in [-0.2, -0.15) is 0 Å². The van der Waals surface area contributed by atoms with Gasteiger partial charge in [0, 0.05) is 25.3 Å². The van der Waals surface area contributed by atoms with E-state index in [1.165, 1.54) is 11.2 Å². The lowest BCUT2D eigenvalue weighted by molar-refractivity contribution is -0.140. The number of ketones is 1. The molecule has 1 unspecified atom stereocenters. The predicted molar refractivity (Wildman–Crippen MR) is 120 cm³/mol. The molecule has 0 saturated carbocycles. The van der Waals surface area contributed by atoms with Crippen LogP contribution >= 0.6 is 0 Å². The molecule has 0 radical (unpaired) electrons. The fourth-order valence-corrected chi connectivity index (χ4v) is 3.82. The van der Waals surface area contributed by atoms with Gasteiger partial charge < -0.3 is 24.1 Å². The van der Waals surface area contributed by atoms with Crippen LogP contribution in [-0.2, 0) is 16.1 Å². The smallest absolute Gasteiger partial charge is 0.296 e. The van der Waals surface area contributed by atoms with Gasteiger partial charge in [0.25, 0.3) is 11.7 Å². The first-order valence-corrected chi connectivity index (χ1v) is 10.1. The van der Waals surface area contributed by atoms with Crippen molar-refractivity contribution in [2.45, 2.75) is 12.6 Å². The van der Waals surface area contributed by atoms with Crippen LogP contribution in [0, 0.1) is 0 Å². The Morgan fingerprint density at radius 3 is 2.31 bits per heavy atom. The number of likely N-dealkylation sites (tertiary alicyclic amines) is 1. The van der Waals surface area contributed by atoms with Crippen LogP contribution in [-0.4, -0.2) is 42.9 Å². The highest BCUT2D eigenvalue weighted by atomic mass is 16.5. The minimum atomic E-state index is -0.751. The number of Topliss-reactive ketones (excluding diaryl/α,β-unsaturated/α-hetero) is 1. The third-order valence-corrected chi connectivity index (χ3v) is 5.53. The number of methoxy groups -OCH3 is 1. The minimum absolute atomic E-state index is 0.0457. The summed E-state index contributed by atoms with van der Waals surface area (Å²) in [5, 5.41) is 11.1. The first kappa shape index (κ1) is 21.2. The van der Waals surface area contributed by atoms with E-state index in [4.69, 9.17) is 9.15 Å². The number of aliphatic hydroxyl groups excluding tert-OH is 1. The van der Waals surface area contributed by atoms with E-state index >= 15 is 0 Å². The number of carbonyl (C=O) groups excluding carboxylic acids is 2. The van der Waals surface area contributed by atoms with Crippen molar-refractivity contribution in [2.75, 3.05) is 26.1 Å². The van der Waals surface area contributed by atoms with Crippen LogP contribution in [0.15, 0.2) is 76.9 Å². The molecule has 1 fully saturated rings. The zero-order valence-corrected chi connectivity index (χ0v) is 18.1. The van der Waals surface area contributed by atoms with Crippen molar-refractivity contribution in [2.24, 2.45) is 0 Å². The molecule has 1 aromatic heterocycles. The second kappa shape index (κ2) is 8.63. The molecular weight excluding hydrogens is 408 g/mol. The van der Waals surface area contributed by atoms with Crippen LogP contribution in [0.5, 0.6) is 5.75 Å². The van der Waals surface area contributed by atoms with Gasteiger partial charge in [-0.1, -0.05) is 12.1 Å². The maximum atomic E-state index is 13.1. The van der Waals surface area contributed by atoms with Crippen LogP contribution in [0.4, 0.5) is 5.69 Å². The molecule has 1 aliphatic rings. The third-order valence-electron chi connectivity index (χ3n) is 5.53. The van der Waals surface area contributed by atoms with E-state index in [0.717, 1.165) is 11.3 Å². The van der Waals surface area contributed by atoms with E-state index < -0.39 is 17.7 Å². The first-order chi connectivity index (χ1) is 15.4. The van der Waals surface area contributed by atoms with Crippen LogP contribution in [0.3, 0.4) is 0 Å². The Morgan fingerprint density at radius 2 is 1.75 bits per heavy atom. The van der Waals surface area contributed by atoms with E-state index in [1.807, 2.05) is 43.3 Å². The number of ether oxygens (including phenoxy) is 1. The average Bonchev–Trinajstić information content (AvgIpc) is 3.41. The van der Waals surface area contributed by atoms with Crippen molar-refractivity contribution in [3.05, 3.63) is 89.4 Å². The zero-order chi connectivity index (χ0) is 22.8. The van der Waals surface area contributed by atoms with Crippen molar-refractivity contribution in [1.82, 2.24) is 4.90 Å². The van der Waals surface area contributed by atoms with Gasteiger partial charge in [-0.3, -0.25) is 9.59 Å². The number of carbonyl (C=O) groups is 2. The number of nitrogens with zero attached hydrogens (tertiary/aromatic N) is 2. The van der Waals surface area contributed by atoms with Gasteiger partial charge in [0.05, 0.1) is 31.5 Å². The molecule has 7 nitrogen and oxygen atoms in total. The molecule has 2 heterocycles. The molecule has 164 valence electrons. The van der Waals surface area contributed by atoms with Crippen molar-refractivity contribution < 1.29 is 23.8 Å². The summed E-state index contributed by atoms with van der Waals surface area (Å²) < 4.78 is 10.6. The summed E-state index contributed by atoms with van der Waals surface area (Å²) in [7, 11) is 5.41. The number of anilines is 1. The largest absolute Gasteiger partial charge is 0.507 e. The SMILES string of the molecule is COc1ccc(/C(O)=C2/C(=O)C(=O)N(Cc3ccco3)C2c2ccc(N(C)C)cc2)cc1. The number of furan rings is 1. The quantitative estimate of drug-likeness (QED) is 0.360. The Kier molecular flexibility index (Phi) is 5.73. The highest BCUT2D eigenvalue weighted by molar-refractivity contribution is 6.46. The summed E-state index contributed by atoms with van der Waals surface area (Å²) >= 11 is 0. The minimum Gasteiger partial charge on any atom is -0.507 e. The highest BCUT2D eigenvalue weighted by Gasteiger charge is 2.46. The van der Waals surface area contributed by atoms with E-state index in [2.05, 4.69) is 0 Å². The molecule has 32 heavy (non-hydrogen) atoms. The van der Waals surface area contributed by atoms with Crippen LogP contribution in [0.2, 0.25) is 0 Å². The third kappa shape index (κ3) is 3.85. The summed E-state index contributed by atoms with van der Waals surface area (Å²) in [5.41, 5.74) is 2.17. The van der Waals surface area contributed by atoms with E-state index in [-0.39, 0.29) is 17.9 Å². The maximum absolute atomic E-state index is 13.1. The molecule has 0 spiro atoms. The van der Waals surface area contributed by atoms with Gasteiger partial charge in [-0.15, -0.1) is 0 Å². The Bertz CT molecular complexity index is 1150. The molecule has 1 aliphatic heterocycles. The number of amides is 1. The summed E-state index contributed by atoms with van der Waals surface area (Å²) in [4.78, 5) is 29.5. The molecule has 1 N–H and O–H groups in total. The number of hydrogen-bond acceptors (Lipinski definition) is 6. The Morgan fingerprint density at radius 1 is 1.06 bits per heavy atom. The van der Waals surface area contributed by atoms with Gasteiger partial charge in [0.2, 0.25) is 0 Å². The topological polar surface area (TPSA) is 83.2 Å². The maximum Gasteiger partial charge on any atom is 0.296 e. The molecule has 1 atom stereocenters.